The van der Waals surface area contributed by atoms with Crippen LogP contribution in [-0.2, 0) is 11.2 Å². The lowest BCUT2D eigenvalue weighted by molar-refractivity contribution is -0.117. The minimum Gasteiger partial charge on any atom is -0.497 e. The molecule has 0 aliphatic carbocycles. The first-order chi connectivity index (χ1) is 13.1. The molecule has 0 saturated heterocycles. The second kappa shape index (κ2) is 6.68. The van der Waals surface area contributed by atoms with Gasteiger partial charge in [-0.15, -0.1) is 0 Å². The number of hydrogen-bond donors (Lipinski definition) is 2. The first-order valence-corrected chi connectivity index (χ1v) is 8.64. The maximum Gasteiger partial charge on any atom is 0.221 e. The summed E-state index contributed by atoms with van der Waals surface area (Å²) in [7, 11) is 3.29. The van der Waals surface area contributed by atoms with Gasteiger partial charge in [-0.3, -0.25) is 4.79 Å². The maximum absolute atomic E-state index is 11.6. The van der Waals surface area contributed by atoms with Crippen molar-refractivity contribution in [3.63, 3.8) is 0 Å². The molecule has 0 atom stereocenters. The van der Waals surface area contributed by atoms with Crippen LogP contribution in [0.5, 0.6) is 11.5 Å². The van der Waals surface area contributed by atoms with Crippen LogP contribution in [0, 0.1) is 0 Å². The van der Waals surface area contributed by atoms with Gasteiger partial charge >= 0.3 is 0 Å². The van der Waals surface area contributed by atoms with Crippen molar-refractivity contribution in [3.8, 4) is 22.6 Å². The fourth-order valence-electron chi connectivity index (χ4n) is 3.46. The largest absolute Gasteiger partial charge is 0.497 e. The fourth-order valence-corrected chi connectivity index (χ4v) is 3.46. The summed E-state index contributed by atoms with van der Waals surface area (Å²) in [5.41, 5.74) is 10.3. The van der Waals surface area contributed by atoms with E-state index in [1.807, 2.05) is 48.5 Å². The Balaban J connectivity index is 1.96. The molecule has 4 aromatic rings. The Labute approximate surface area is 156 Å². The number of rotatable bonds is 5. The Morgan fingerprint density at radius 2 is 1.59 bits per heavy atom. The Morgan fingerprint density at radius 3 is 2.26 bits per heavy atom. The summed E-state index contributed by atoms with van der Waals surface area (Å²) in [6.07, 6.45) is 0.171. The molecule has 0 bridgehead atoms. The minimum absolute atomic E-state index is 0.171. The SMILES string of the molecule is COc1ccc(-c2cc(CC(N)=O)c3[nH]c4cc(OC)ccc4c3c2)cc1. The molecule has 0 radical (unpaired) electrons. The lowest BCUT2D eigenvalue weighted by Crippen LogP contribution is -2.14. The molecule has 0 aliphatic rings. The van der Waals surface area contributed by atoms with E-state index in [9.17, 15) is 4.79 Å². The molecular formula is C22H20N2O3. The molecule has 0 saturated carbocycles. The van der Waals surface area contributed by atoms with Gasteiger partial charge in [0.1, 0.15) is 11.5 Å². The normalized spacial score (nSPS) is 11.0. The van der Waals surface area contributed by atoms with Gasteiger partial charge in [0.05, 0.1) is 31.7 Å². The van der Waals surface area contributed by atoms with Crippen LogP contribution in [0.4, 0.5) is 0 Å². The lowest BCUT2D eigenvalue weighted by atomic mass is 9.97. The number of benzene rings is 3. The number of nitrogens with one attached hydrogen (secondary N) is 1. The molecule has 0 aliphatic heterocycles. The maximum atomic E-state index is 11.6. The smallest absolute Gasteiger partial charge is 0.221 e. The summed E-state index contributed by atoms with van der Waals surface area (Å²) in [5, 5.41) is 2.13. The molecule has 3 N–H and O–H groups in total. The summed E-state index contributed by atoms with van der Waals surface area (Å²) < 4.78 is 10.6. The summed E-state index contributed by atoms with van der Waals surface area (Å²) >= 11 is 0. The summed E-state index contributed by atoms with van der Waals surface area (Å²) in [6.45, 7) is 0. The highest BCUT2D eigenvalue weighted by molar-refractivity contribution is 6.10. The van der Waals surface area contributed by atoms with Gasteiger partial charge in [0.2, 0.25) is 5.91 Å². The van der Waals surface area contributed by atoms with Crippen LogP contribution in [0.2, 0.25) is 0 Å². The van der Waals surface area contributed by atoms with Gasteiger partial charge in [0, 0.05) is 16.8 Å². The van der Waals surface area contributed by atoms with Crippen LogP contribution in [0.1, 0.15) is 5.56 Å². The van der Waals surface area contributed by atoms with Crippen LogP contribution in [-0.4, -0.2) is 25.1 Å². The van der Waals surface area contributed by atoms with E-state index in [1.165, 1.54) is 0 Å². The van der Waals surface area contributed by atoms with Crippen molar-refractivity contribution in [1.29, 1.82) is 0 Å². The first kappa shape index (κ1) is 17.0. The van der Waals surface area contributed by atoms with E-state index in [0.29, 0.717) is 0 Å². The van der Waals surface area contributed by atoms with E-state index in [-0.39, 0.29) is 12.3 Å². The molecule has 27 heavy (non-hydrogen) atoms. The highest BCUT2D eigenvalue weighted by Crippen LogP contribution is 2.34. The number of hydrogen-bond acceptors (Lipinski definition) is 3. The monoisotopic (exact) mass is 360 g/mol. The predicted octanol–water partition coefficient (Wildman–Crippen LogP) is 4.03. The number of primary amides is 1. The molecule has 5 nitrogen and oxygen atoms in total. The number of H-pyrrole nitrogens is 1. The number of methoxy groups -OCH3 is 2. The van der Waals surface area contributed by atoms with Crippen molar-refractivity contribution in [1.82, 2.24) is 4.98 Å². The number of carbonyl (C=O) groups is 1. The number of amides is 1. The second-order valence-electron chi connectivity index (χ2n) is 6.47. The second-order valence-corrected chi connectivity index (χ2v) is 6.47. The van der Waals surface area contributed by atoms with Crippen molar-refractivity contribution in [2.75, 3.05) is 14.2 Å². The van der Waals surface area contributed by atoms with Gasteiger partial charge < -0.3 is 20.2 Å². The van der Waals surface area contributed by atoms with E-state index in [2.05, 4.69) is 11.1 Å². The molecule has 5 heteroatoms. The molecule has 0 fully saturated rings. The molecule has 4 rings (SSSR count). The Morgan fingerprint density at radius 1 is 0.889 bits per heavy atom. The van der Waals surface area contributed by atoms with Gasteiger partial charge in [-0.1, -0.05) is 12.1 Å². The van der Waals surface area contributed by atoms with E-state index in [0.717, 1.165) is 50.0 Å². The van der Waals surface area contributed by atoms with Gasteiger partial charge in [-0.25, -0.2) is 0 Å². The van der Waals surface area contributed by atoms with Crippen LogP contribution < -0.4 is 15.2 Å². The highest BCUT2D eigenvalue weighted by atomic mass is 16.5. The zero-order valence-electron chi connectivity index (χ0n) is 15.2. The van der Waals surface area contributed by atoms with Gasteiger partial charge in [0.25, 0.3) is 0 Å². The van der Waals surface area contributed by atoms with Gasteiger partial charge in [0.15, 0.2) is 0 Å². The van der Waals surface area contributed by atoms with Gasteiger partial charge in [-0.2, -0.15) is 0 Å². The van der Waals surface area contributed by atoms with Crippen LogP contribution in [0.3, 0.4) is 0 Å². The number of ether oxygens (including phenoxy) is 2. The van der Waals surface area contributed by atoms with Crippen molar-refractivity contribution >= 4 is 27.7 Å². The van der Waals surface area contributed by atoms with Crippen molar-refractivity contribution < 1.29 is 14.3 Å². The van der Waals surface area contributed by atoms with E-state index >= 15 is 0 Å². The zero-order valence-corrected chi connectivity index (χ0v) is 15.2. The third-order valence-electron chi connectivity index (χ3n) is 4.78. The zero-order chi connectivity index (χ0) is 19.0. The summed E-state index contributed by atoms with van der Waals surface area (Å²) in [5.74, 6) is 1.22. The van der Waals surface area contributed by atoms with Crippen LogP contribution in [0.15, 0.2) is 54.6 Å². The Kier molecular flexibility index (Phi) is 4.20. The molecule has 1 heterocycles. The average Bonchev–Trinajstić information content (AvgIpc) is 3.05. The van der Waals surface area contributed by atoms with E-state index in [4.69, 9.17) is 15.2 Å². The quantitative estimate of drug-likeness (QED) is 0.564. The average molecular weight is 360 g/mol. The van der Waals surface area contributed by atoms with Gasteiger partial charge in [-0.05, 0) is 53.1 Å². The van der Waals surface area contributed by atoms with Crippen molar-refractivity contribution in [3.05, 3.63) is 60.2 Å². The highest BCUT2D eigenvalue weighted by Gasteiger charge is 2.13. The Hall–Kier alpha value is -3.47. The molecule has 0 spiro atoms. The number of nitrogens with two attached hydrogens (primary N) is 1. The van der Waals surface area contributed by atoms with Crippen LogP contribution in [0.25, 0.3) is 32.9 Å². The Bertz CT molecular complexity index is 1140. The topological polar surface area (TPSA) is 77.3 Å². The molecular weight excluding hydrogens is 340 g/mol. The molecule has 1 aromatic heterocycles. The third-order valence-corrected chi connectivity index (χ3v) is 4.78. The van der Waals surface area contributed by atoms with Crippen molar-refractivity contribution in [2.45, 2.75) is 6.42 Å². The number of fused-ring (bicyclic) bond motifs is 3. The first-order valence-electron chi connectivity index (χ1n) is 8.64. The summed E-state index contributed by atoms with van der Waals surface area (Å²) in [6, 6.07) is 17.9. The van der Waals surface area contributed by atoms with E-state index < -0.39 is 0 Å². The lowest BCUT2D eigenvalue weighted by Gasteiger charge is -2.08. The minimum atomic E-state index is -0.362. The molecule has 3 aromatic carbocycles. The predicted molar refractivity (Wildman–Crippen MR) is 107 cm³/mol. The molecule has 1 amide bonds. The third kappa shape index (κ3) is 3.08. The molecule has 136 valence electrons. The van der Waals surface area contributed by atoms with Crippen LogP contribution >= 0.6 is 0 Å². The standard InChI is InChI=1S/C22H20N2O3/c1-26-16-5-3-13(4-6-16)14-9-15(11-21(23)25)22-19(10-14)18-8-7-17(27-2)12-20(18)24-22/h3-10,12,24H,11H2,1-2H3,(H2,23,25). The number of aromatic amines is 1. The number of aromatic nitrogens is 1. The fraction of sp³-hybridized carbons (Fsp3) is 0.136. The molecule has 0 unspecified atom stereocenters. The van der Waals surface area contributed by atoms with E-state index in [1.54, 1.807) is 14.2 Å². The van der Waals surface area contributed by atoms with Crippen molar-refractivity contribution in [2.24, 2.45) is 5.73 Å². The summed E-state index contributed by atoms with van der Waals surface area (Å²) in [4.78, 5) is 15.0. The number of carbonyl (C=O) groups excluding carboxylic acids is 1.